The monoisotopic (exact) mass is 310 g/mol. The second kappa shape index (κ2) is 6.28. The quantitative estimate of drug-likeness (QED) is 0.909. The molecule has 0 saturated carbocycles. The molecule has 3 rings (SSSR count). The van der Waals surface area contributed by atoms with Crippen LogP contribution in [0.2, 0.25) is 0 Å². The van der Waals surface area contributed by atoms with E-state index in [2.05, 4.69) is 72.6 Å². The molecule has 2 heterocycles. The van der Waals surface area contributed by atoms with Crippen LogP contribution in [0.1, 0.15) is 56.1 Å². The van der Waals surface area contributed by atoms with Crippen LogP contribution in [-0.2, 0) is 18.4 Å². The maximum atomic E-state index is 4.46. The standard InChI is InChI=1S/C19H26N4/c1-13(14-5-7-15(8-6-14)19(2,3)4)23-18-16-9-10-20-11-17(16)21-12-22-18/h5-8,12-13,20H,9-11H2,1-4H3,(H,21,22,23)/t13-/m0/s1. The summed E-state index contributed by atoms with van der Waals surface area (Å²) in [5.74, 6) is 0.976. The molecule has 1 aliphatic rings. The van der Waals surface area contributed by atoms with E-state index < -0.39 is 0 Å². The molecule has 0 saturated heterocycles. The van der Waals surface area contributed by atoms with Crippen LogP contribution in [-0.4, -0.2) is 16.5 Å². The van der Waals surface area contributed by atoms with E-state index in [0.717, 1.165) is 31.0 Å². The highest BCUT2D eigenvalue weighted by atomic mass is 15.1. The lowest BCUT2D eigenvalue weighted by atomic mass is 9.86. The molecule has 2 aromatic rings. The van der Waals surface area contributed by atoms with E-state index in [1.54, 1.807) is 6.33 Å². The number of aromatic nitrogens is 2. The Kier molecular flexibility index (Phi) is 4.35. The molecule has 1 aromatic heterocycles. The van der Waals surface area contributed by atoms with Crippen LogP contribution in [0.4, 0.5) is 5.82 Å². The highest BCUT2D eigenvalue weighted by molar-refractivity contribution is 5.49. The van der Waals surface area contributed by atoms with Gasteiger partial charge >= 0.3 is 0 Å². The summed E-state index contributed by atoms with van der Waals surface area (Å²) < 4.78 is 0. The smallest absolute Gasteiger partial charge is 0.133 e. The summed E-state index contributed by atoms with van der Waals surface area (Å²) in [6.45, 7) is 10.7. The zero-order valence-electron chi connectivity index (χ0n) is 14.5. The summed E-state index contributed by atoms with van der Waals surface area (Å²) in [7, 11) is 0. The third-order valence-corrected chi connectivity index (χ3v) is 4.51. The van der Waals surface area contributed by atoms with E-state index in [-0.39, 0.29) is 11.5 Å². The van der Waals surface area contributed by atoms with Crippen LogP contribution in [0, 0.1) is 0 Å². The van der Waals surface area contributed by atoms with E-state index in [0.29, 0.717) is 0 Å². The van der Waals surface area contributed by atoms with Crippen LogP contribution >= 0.6 is 0 Å². The molecule has 0 fully saturated rings. The Hall–Kier alpha value is -1.94. The van der Waals surface area contributed by atoms with E-state index in [4.69, 9.17) is 0 Å². The van der Waals surface area contributed by atoms with Crippen molar-refractivity contribution >= 4 is 5.82 Å². The number of hydrogen-bond acceptors (Lipinski definition) is 4. The van der Waals surface area contributed by atoms with Crippen molar-refractivity contribution in [3.8, 4) is 0 Å². The molecule has 1 atom stereocenters. The van der Waals surface area contributed by atoms with Crippen LogP contribution in [0.15, 0.2) is 30.6 Å². The van der Waals surface area contributed by atoms with Gasteiger partial charge in [-0.05, 0) is 36.4 Å². The van der Waals surface area contributed by atoms with Crippen LogP contribution in [0.3, 0.4) is 0 Å². The zero-order valence-corrected chi connectivity index (χ0v) is 14.5. The van der Waals surface area contributed by atoms with E-state index in [1.165, 1.54) is 16.7 Å². The Morgan fingerprint density at radius 2 is 1.87 bits per heavy atom. The Morgan fingerprint density at radius 3 is 2.57 bits per heavy atom. The lowest BCUT2D eigenvalue weighted by Crippen LogP contribution is -2.26. The summed E-state index contributed by atoms with van der Waals surface area (Å²) in [5, 5.41) is 6.92. The molecule has 0 bridgehead atoms. The van der Waals surface area contributed by atoms with E-state index in [1.807, 2.05) is 0 Å². The predicted octanol–water partition coefficient (Wildman–Crippen LogP) is 3.59. The maximum Gasteiger partial charge on any atom is 0.133 e. The minimum atomic E-state index is 0.188. The molecule has 23 heavy (non-hydrogen) atoms. The van der Waals surface area contributed by atoms with Gasteiger partial charge < -0.3 is 10.6 Å². The van der Waals surface area contributed by atoms with Gasteiger partial charge in [-0.25, -0.2) is 9.97 Å². The molecule has 0 amide bonds. The number of rotatable bonds is 3. The fourth-order valence-corrected chi connectivity index (χ4v) is 2.97. The van der Waals surface area contributed by atoms with Crippen LogP contribution in [0.25, 0.3) is 0 Å². The van der Waals surface area contributed by atoms with Gasteiger partial charge in [0.1, 0.15) is 12.1 Å². The van der Waals surface area contributed by atoms with Gasteiger partial charge in [0.2, 0.25) is 0 Å². The lowest BCUT2D eigenvalue weighted by Gasteiger charge is -2.23. The zero-order chi connectivity index (χ0) is 16.4. The van der Waals surface area contributed by atoms with Crippen LogP contribution in [0.5, 0.6) is 0 Å². The van der Waals surface area contributed by atoms with Crippen LogP contribution < -0.4 is 10.6 Å². The SMILES string of the molecule is C[C@H](Nc1ncnc2c1CCNC2)c1ccc(C(C)(C)C)cc1. The molecule has 122 valence electrons. The first-order valence-corrected chi connectivity index (χ1v) is 8.35. The first-order valence-electron chi connectivity index (χ1n) is 8.35. The summed E-state index contributed by atoms with van der Waals surface area (Å²) in [6, 6.07) is 9.11. The number of hydrogen-bond donors (Lipinski definition) is 2. The minimum absolute atomic E-state index is 0.188. The number of benzene rings is 1. The average molecular weight is 310 g/mol. The molecule has 0 radical (unpaired) electrons. The van der Waals surface area contributed by atoms with Gasteiger partial charge in [0, 0.05) is 18.2 Å². The fourth-order valence-electron chi connectivity index (χ4n) is 2.97. The first-order chi connectivity index (χ1) is 10.9. The maximum absolute atomic E-state index is 4.46. The third kappa shape index (κ3) is 3.53. The van der Waals surface area contributed by atoms with Crippen molar-refractivity contribution in [2.45, 2.75) is 52.1 Å². The van der Waals surface area contributed by atoms with Gasteiger partial charge in [0.05, 0.1) is 5.69 Å². The Bertz CT molecular complexity index is 671. The number of anilines is 1. The molecule has 0 unspecified atom stereocenters. The van der Waals surface area contributed by atoms with Crippen molar-refractivity contribution < 1.29 is 0 Å². The highest BCUT2D eigenvalue weighted by Crippen LogP contribution is 2.26. The Labute approximate surface area is 138 Å². The average Bonchev–Trinajstić information content (AvgIpc) is 2.54. The fraction of sp³-hybridized carbons (Fsp3) is 0.474. The molecule has 4 nitrogen and oxygen atoms in total. The highest BCUT2D eigenvalue weighted by Gasteiger charge is 2.18. The van der Waals surface area contributed by atoms with Gasteiger partial charge in [0.25, 0.3) is 0 Å². The van der Waals surface area contributed by atoms with Crippen molar-refractivity contribution in [2.24, 2.45) is 0 Å². The van der Waals surface area contributed by atoms with Gasteiger partial charge in [0.15, 0.2) is 0 Å². The topological polar surface area (TPSA) is 49.8 Å². The van der Waals surface area contributed by atoms with Gasteiger partial charge in [-0.2, -0.15) is 0 Å². The van der Waals surface area contributed by atoms with Gasteiger partial charge in [-0.15, -0.1) is 0 Å². The van der Waals surface area contributed by atoms with Crippen molar-refractivity contribution in [2.75, 3.05) is 11.9 Å². The molecule has 2 N–H and O–H groups in total. The van der Waals surface area contributed by atoms with Crippen molar-refractivity contribution in [3.63, 3.8) is 0 Å². The molecule has 0 aliphatic carbocycles. The predicted molar refractivity (Wildman–Crippen MR) is 94.6 cm³/mol. The normalized spacial score (nSPS) is 15.8. The summed E-state index contributed by atoms with van der Waals surface area (Å²) in [6.07, 6.45) is 2.64. The molecule has 1 aromatic carbocycles. The number of nitrogens with zero attached hydrogens (tertiary/aromatic N) is 2. The Balaban J connectivity index is 1.78. The van der Waals surface area contributed by atoms with Crippen molar-refractivity contribution in [1.82, 2.24) is 15.3 Å². The van der Waals surface area contributed by atoms with Crippen molar-refractivity contribution in [1.29, 1.82) is 0 Å². The van der Waals surface area contributed by atoms with Gasteiger partial charge in [-0.1, -0.05) is 45.0 Å². The van der Waals surface area contributed by atoms with Crippen molar-refractivity contribution in [3.05, 3.63) is 53.0 Å². The molecule has 0 spiro atoms. The van der Waals surface area contributed by atoms with E-state index >= 15 is 0 Å². The number of fused-ring (bicyclic) bond motifs is 1. The molecule has 4 heteroatoms. The third-order valence-electron chi connectivity index (χ3n) is 4.51. The molecular formula is C19H26N4. The Morgan fingerprint density at radius 1 is 1.13 bits per heavy atom. The van der Waals surface area contributed by atoms with Gasteiger partial charge in [-0.3, -0.25) is 0 Å². The second-order valence-electron chi connectivity index (χ2n) is 7.31. The largest absolute Gasteiger partial charge is 0.363 e. The number of nitrogens with one attached hydrogen (secondary N) is 2. The summed E-state index contributed by atoms with van der Waals surface area (Å²) in [5.41, 5.74) is 5.19. The second-order valence-corrected chi connectivity index (χ2v) is 7.31. The lowest BCUT2D eigenvalue weighted by molar-refractivity contribution is 0.589. The molecule has 1 aliphatic heterocycles. The summed E-state index contributed by atoms with van der Waals surface area (Å²) in [4.78, 5) is 8.85. The molecular weight excluding hydrogens is 284 g/mol. The minimum Gasteiger partial charge on any atom is -0.363 e. The first kappa shape index (κ1) is 15.9. The van der Waals surface area contributed by atoms with E-state index in [9.17, 15) is 0 Å². The summed E-state index contributed by atoms with van der Waals surface area (Å²) >= 11 is 0.